The minimum Gasteiger partial charge on any atom is -0.394 e. The molecule has 0 aromatic rings. The molecule has 0 aliphatic carbocycles. The Balaban J connectivity index is 3.36. The number of hydrogen-bond donors (Lipinski definition) is 3. The minimum absolute atomic E-state index is 0.0250. The first-order valence-electron chi connectivity index (χ1n) is 25.2. The lowest BCUT2D eigenvalue weighted by Gasteiger charge is -2.22. The molecule has 3 N–H and O–H groups in total. The van der Waals surface area contributed by atoms with E-state index >= 15 is 0 Å². The lowest BCUT2D eigenvalue weighted by atomic mass is 10.0. The summed E-state index contributed by atoms with van der Waals surface area (Å²) < 4.78 is 0. The van der Waals surface area contributed by atoms with Gasteiger partial charge in [-0.1, -0.05) is 277 Å². The van der Waals surface area contributed by atoms with Crippen LogP contribution in [0.2, 0.25) is 0 Å². The molecule has 0 heterocycles. The molecule has 0 aromatic carbocycles. The Bertz CT molecular complexity index is 699. The Morgan fingerprint density at radius 3 is 0.833 bits per heavy atom. The second kappa shape index (κ2) is 46.8. The number of unbranched alkanes of at least 4 members (excludes halogenated alkanes) is 40. The minimum atomic E-state index is -0.652. The Morgan fingerprint density at radius 1 is 0.370 bits per heavy atom. The van der Waals surface area contributed by atoms with Crippen LogP contribution in [0.25, 0.3) is 0 Å². The molecular formula is C50H101NO3. The molecule has 324 valence electrons. The molecule has 0 aromatic heterocycles. The lowest BCUT2D eigenvalue weighted by molar-refractivity contribution is -0.123. The van der Waals surface area contributed by atoms with Gasteiger partial charge < -0.3 is 15.5 Å². The fourth-order valence-electron chi connectivity index (χ4n) is 8.25. The van der Waals surface area contributed by atoms with E-state index in [2.05, 4.69) is 19.2 Å². The van der Waals surface area contributed by atoms with Gasteiger partial charge in [0.2, 0.25) is 5.91 Å². The average Bonchev–Trinajstić information content (AvgIpc) is 3.18. The predicted octanol–water partition coefficient (Wildman–Crippen LogP) is 16.0. The Hall–Kier alpha value is -0.610. The van der Waals surface area contributed by atoms with Crippen molar-refractivity contribution in [3.8, 4) is 0 Å². The van der Waals surface area contributed by atoms with E-state index in [1.165, 1.54) is 244 Å². The van der Waals surface area contributed by atoms with Crippen molar-refractivity contribution >= 4 is 5.91 Å². The zero-order valence-electron chi connectivity index (χ0n) is 37.3. The van der Waals surface area contributed by atoms with Crippen LogP contribution < -0.4 is 5.32 Å². The fourth-order valence-corrected chi connectivity index (χ4v) is 8.25. The molecule has 0 radical (unpaired) electrons. The van der Waals surface area contributed by atoms with E-state index in [4.69, 9.17) is 0 Å². The van der Waals surface area contributed by atoms with E-state index in [9.17, 15) is 15.0 Å². The number of nitrogens with one attached hydrogen (secondary N) is 1. The molecule has 54 heavy (non-hydrogen) atoms. The van der Waals surface area contributed by atoms with Crippen LogP contribution in [0.4, 0.5) is 0 Å². The van der Waals surface area contributed by atoms with Crippen LogP contribution >= 0.6 is 0 Å². The van der Waals surface area contributed by atoms with Crippen LogP contribution in [0.5, 0.6) is 0 Å². The highest BCUT2D eigenvalue weighted by Gasteiger charge is 2.20. The highest BCUT2D eigenvalue weighted by atomic mass is 16.3. The Labute approximate surface area is 340 Å². The number of hydrogen-bond acceptors (Lipinski definition) is 3. The zero-order valence-corrected chi connectivity index (χ0v) is 37.3. The van der Waals surface area contributed by atoms with Crippen molar-refractivity contribution in [3.63, 3.8) is 0 Å². The van der Waals surface area contributed by atoms with E-state index < -0.39 is 12.1 Å². The van der Waals surface area contributed by atoms with Crippen LogP contribution in [-0.2, 0) is 4.79 Å². The van der Waals surface area contributed by atoms with E-state index in [0.29, 0.717) is 12.8 Å². The molecule has 2 atom stereocenters. The molecule has 4 nitrogen and oxygen atoms in total. The van der Waals surface area contributed by atoms with E-state index in [0.717, 1.165) is 25.7 Å². The third-order valence-corrected chi connectivity index (χ3v) is 12.1. The number of rotatable bonds is 47. The summed E-state index contributed by atoms with van der Waals surface area (Å²) in [5.74, 6) is -0.0250. The monoisotopic (exact) mass is 764 g/mol. The van der Waals surface area contributed by atoms with E-state index in [-0.39, 0.29) is 12.5 Å². The summed E-state index contributed by atoms with van der Waals surface area (Å²) in [5, 5.41) is 23.2. The van der Waals surface area contributed by atoms with Gasteiger partial charge in [-0.3, -0.25) is 4.79 Å². The van der Waals surface area contributed by atoms with E-state index in [1.807, 2.05) is 0 Å². The highest BCUT2D eigenvalue weighted by molar-refractivity contribution is 5.76. The summed E-state index contributed by atoms with van der Waals surface area (Å²) >= 11 is 0. The molecule has 0 rings (SSSR count). The number of aliphatic hydroxyl groups is 2. The van der Waals surface area contributed by atoms with Crippen molar-refractivity contribution in [2.24, 2.45) is 0 Å². The van der Waals surface area contributed by atoms with Crippen molar-refractivity contribution in [2.75, 3.05) is 6.61 Å². The van der Waals surface area contributed by atoms with Crippen molar-refractivity contribution in [1.82, 2.24) is 5.32 Å². The summed E-state index contributed by atoms with van der Waals surface area (Å²) in [6.07, 6.45) is 57.9. The largest absolute Gasteiger partial charge is 0.394 e. The standard InChI is InChI=1S/C50H101NO3/c1-3-5-7-9-11-13-15-17-18-19-20-21-22-23-24-25-26-27-28-29-30-31-32-33-34-36-38-40-42-44-46-50(54)51-48(47-52)49(53)45-43-41-39-37-35-16-14-12-10-8-6-4-2/h48-49,52-53H,3-47H2,1-2H3,(H,51,54). The first-order chi connectivity index (χ1) is 26.7. The Kier molecular flexibility index (Phi) is 46.2. The SMILES string of the molecule is CCCCCCCCCCCCCCCCCCCCCCCCCCCCCCCCC(=O)NC(CO)C(O)CCCCCCCCCCCCCC. The van der Waals surface area contributed by atoms with Crippen LogP contribution in [0.15, 0.2) is 0 Å². The topological polar surface area (TPSA) is 69.6 Å². The van der Waals surface area contributed by atoms with Gasteiger partial charge in [-0.25, -0.2) is 0 Å². The molecule has 4 heteroatoms. The van der Waals surface area contributed by atoms with Gasteiger partial charge in [-0.2, -0.15) is 0 Å². The van der Waals surface area contributed by atoms with Gasteiger partial charge in [-0.15, -0.1) is 0 Å². The first kappa shape index (κ1) is 53.4. The van der Waals surface area contributed by atoms with Gasteiger partial charge in [0.15, 0.2) is 0 Å². The summed E-state index contributed by atoms with van der Waals surface area (Å²) in [6, 6.07) is -0.529. The molecule has 0 fully saturated rings. The number of amides is 1. The van der Waals surface area contributed by atoms with Gasteiger partial charge in [-0.05, 0) is 12.8 Å². The Morgan fingerprint density at radius 2 is 0.593 bits per heavy atom. The molecule has 0 aliphatic rings. The lowest BCUT2D eigenvalue weighted by Crippen LogP contribution is -2.45. The second-order valence-electron chi connectivity index (χ2n) is 17.6. The second-order valence-corrected chi connectivity index (χ2v) is 17.6. The van der Waals surface area contributed by atoms with Gasteiger partial charge in [0.05, 0.1) is 18.8 Å². The molecular weight excluding hydrogens is 663 g/mol. The van der Waals surface area contributed by atoms with Crippen molar-refractivity contribution in [1.29, 1.82) is 0 Å². The first-order valence-corrected chi connectivity index (χ1v) is 25.2. The smallest absolute Gasteiger partial charge is 0.220 e. The summed E-state index contributed by atoms with van der Waals surface area (Å²) in [5.41, 5.74) is 0. The molecule has 2 unspecified atom stereocenters. The predicted molar refractivity (Wildman–Crippen MR) is 240 cm³/mol. The quantitative estimate of drug-likeness (QED) is 0.0541. The van der Waals surface area contributed by atoms with Gasteiger partial charge in [0.1, 0.15) is 0 Å². The van der Waals surface area contributed by atoms with Crippen molar-refractivity contribution in [3.05, 3.63) is 0 Å². The summed E-state index contributed by atoms with van der Waals surface area (Å²) in [4.78, 5) is 12.4. The molecule has 0 aliphatic heterocycles. The van der Waals surface area contributed by atoms with Crippen LogP contribution in [0.1, 0.15) is 296 Å². The average molecular weight is 764 g/mol. The van der Waals surface area contributed by atoms with Crippen LogP contribution in [-0.4, -0.2) is 34.9 Å². The number of aliphatic hydroxyl groups excluding tert-OH is 2. The molecule has 1 amide bonds. The number of carbonyl (C=O) groups excluding carboxylic acids is 1. The van der Waals surface area contributed by atoms with E-state index in [1.54, 1.807) is 0 Å². The summed E-state index contributed by atoms with van der Waals surface area (Å²) in [7, 11) is 0. The van der Waals surface area contributed by atoms with Crippen molar-refractivity contribution < 1.29 is 15.0 Å². The molecule has 0 saturated heterocycles. The maximum atomic E-state index is 12.4. The van der Waals surface area contributed by atoms with Gasteiger partial charge in [0, 0.05) is 6.42 Å². The van der Waals surface area contributed by atoms with Crippen LogP contribution in [0.3, 0.4) is 0 Å². The van der Waals surface area contributed by atoms with Gasteiger partial charge in [0.25, 0.3) is 0 Å². The molecule has 0 bridgehead atoms. The highest BCUT2D eigenvalue weighted by Crippen LogP contribution is 2.18. The third-order valence-electron chi connectivity index (χ3n) is 12.1. The number of carbonyl (C=O) groups is 1. The maximum Gasteiger partial charge on any atom is 0.220 e. The maximum absolute atomic E-state index is 12.4. The van der Waals surface area contributed by atoms with Crippen LogP contribution in [0, 0.1) is 0 Å². The molecule has 0 saturated carbocycles. The zero-order chi connectivity index (χ0) is 39.3. The normalized spacial score (nSPS) is 12.7. The van der Waals surface area contributed by atoms with Gasteiger partial charge >= 0.3 is 0 Å². The summed E-state index contributed by atoms with van der Waals surface area (Å²) in [6.45, 7) is 4.38. The third kappa shape index (κ3) is 42.5. The van der Waals surface area contributed by atoms with Crippen molar-refractivity contribution in [2.45, 2.75) is 309 Å². The fraction of sp³-hybridized carbons (Fsp3) is 0.980. The molecule has 0 spiro atoms.